The van der Waals surface area contributed by atoms with Crippen molar-refractivity contribution >= 4 is 63.6 Å². The largest absolute Gasteiger partial charge is 0.491 e. The molecule has 2 aromatic heterocycles. The van der Waals surface area contributed by atoms with E-state index in [4.69, 9.17) is 25.8 Å². The lowest BCUT2D eigenvalue weighted by Crippen LogP contribution is -2.52. The SMILES string of the molecule is CNC(=O)COc1cc2cc(Nc3nc(N4CCO[C@H](COc5ccc(C(=O)NC6CCC(=O)NC6=O)c(F)c5)C4)ncc3Cl)ccc2n(C(C)C)c1=O. The average Bonchev–Trinajstić information content (AvgIpc) is 3.15. The highest BCUT2D eigenvalue weighted by Crippen LogP contribution is 2.29. The summed E-state index contributed by atoms with van der Waals surface area (Å²) in [7, 11) is 1.48. The number of piperidine rings is 1. The van der Waals surface area contributed by atoms with Crippen LogP contribution < -0.4 is 41.2 Å². The second-order valence-corrected chi connectivity index (χ2v) is 13.3. The number of anilines is 3. The van der Waals surface area contributed by atoms with Crippen LogP contribution in [0.1, 0.15) is 43.1 Å². The summed E-state index contributed by atoms with van der Waals surface area (Å²) in [6.45, 7) is 4.68. The number of likely N-dealkylation sites (N-methyl/N-ethyl adjacent to an activating group) is 1. The van der Waals surface area contributed by atoms with Crippen molar-refractivity contribution in [3.8, 4) is 11.5 Å². The van der Waals surface area contributed by atoms with Gasteiger partial charge in [-0.25, -0.2) is 9.37 Å². The summed E-state index contributed by atoms with van der Waals surface area (Å²) in [5.74, 6) is -2.11. The molecule has 2 fully saturated rings. The molecule has 284 valence electrons. The van der Waals surface area contributed by atoms with Gasteiger partial charge in [0, 0.05) is 43.2 Å². The number of fused-ring (bicyclic) bond motifs is 1. The van der Waals surface area contributed by atoms with Crippen molar-refractivity contribution in [2.24, 2.45) is 0 Å². The Hall–Kier alpha value is -5.81. The van der Waals surface area contributed by atoms with Crippen LogP contribution >= 0.6 is 11.6 Å². The quantitative estimate of drug-likeness (QED) is 0.154. The monoisotopic (exact) mass is 764 g/mol. The summed E-state index contributed by atoms with van der Waals surface area (Å²) in [4.78, 5) is 71.9. The minimum Gasteiger partial charge on any atom is -0.491 e. The number of nitrogens with one attached hydrogen (secondary N) is 4. The van der Waals surface area contributed by atoms with Crippen LogP contribution in [0.15, 0.2) is 53.5 Å². The molecule has 2 aliphatic heterocycles. The zero-order valence-corrected chi connectivity index (χ0v) is 30.4. The predicted molar refractivity (Wildman–Crippen MR) is 196 cm³/mol. The number of benzene rings is 2. The van der Waals surface area contributed by atoms with Crippen molar-refractivity contribution < 1.29 is 37.8 Å². The smallest absolute Gasteiger partial charge is 0.293 e. The van der Waals surface area contributed by atoms with Crippen LogP contribution in [0.3, 0.4) is 0 Å². The number of rotatable bonds is 12. The Balaban J connectivity index is 1.10. The van der Waals surface area contributed by atoms with Gasteiger partial charge in [-0.2, -0.15) is 4.98 Å². The van der Waals surface area contributed by atoms with E-state index in [1.807, 2.05) is 24.8 Å². The number of carbonyl (C=O) groups excluding carboxylic acids is 4. The summed E-state index contributed by atoms with van der Waals surface area (Å²) >= 11 is 6.51. The van der Waals surface area contributed by atoms with Gasteiger partial charge in [-0.1, -0.05) is 11.6 Å². The van der Waals surface area contributed by atoms with E-state index in [1.165, 1.54) is 25.4 Å². The number of aromatic nitrogens is 3. The number of nitrogens with zero attached hydrogens (tertiary/aromatic N) is 4. The standard InChI is InChI=1S/C36H38ClFN8O8/c1-19(2)46-28-8-4-21(12-20(28)13-29(35(46)51)54-18-31(48)39-3)41-32-25(37)15-40-36(44-32)45-10-11-52-23(16-45)17-53-22-5-6-24(26(38)14-22)33(49)42-27-7-9-30(47)43-34(27)50/h4-6,8,12-15,19,23,27H,7,9-11,16-18H2,1-3H3,(H,39,48)(H,42,49)(H,40,41,44)(H,43,47,50)/t23-,27?/m0/s1. The number of amides is 4. The topological polar surface area (TPSA) is 195 Å². The minimum absolute atomic E-state index is 0.0433. The van der Waals surface area contributed by atoms with Gasteiger partial charge < -0.3 is 39.6 Å². The first-order valence-corrected chi connectivity index (χ1v) is 17.5. The summed E-state index contributed by atoms with van der Waals surface area (Å²) in [6.07, 6.45) is 1.25. The van der Waals surface area contributed by atoms with Crippen molar-refractivity contribution in [1.29, 1.82) is 0 Å². The molecular weight excluding hydrogens is 727 g/mol. The Morgan fingerprint density at radius 3 is 2.69 bits per heavy atom. The summed E-state index contributed by atoms with van der Waals surface area (Å²) in [6, 6.07) is 9.68. The van der Waals surface area contributed by atoms with Gasteiger partial charge in [0.15, 0.2) is 18.2 Å². The fourth-order valence-electron chi connectivity index (χ4n) is 5.99. The number of ether oxygens (including phenoxy) is 3. The van der Waals surface area contributed by atoms with Gasteiger partial charge in [-0.3, -0.25) is 29.3 Å². The number of morpholine rings is 1. The van der Waals surface area contributed by atoms with Gasteiger partial charge in [0.1, 0.15) is 35.3 Å². The summed E-state index contributed by atoms with van der Waals surface area (Å²) in [5.41, 5.74) is 0.684. The number of hydrogen-bond donors (Lipinski definition) is 4. The van der Waals surface area contributed by atoms with Crippen LogP contribution in [0.2, 0.25) is 5.02 Å². The van der Waals surface area contributed by atoms with E-state index in [-0.39, 0.29) is 65.6 Å². The van der Waals surface area contributed by atoms with Crippen LogP contribution in [0.25, 0.3) is 10.9 Å². The molecule has 0 aliphatic carbocycles. The van der Waals surface area contributed by atoms with E-state index in [1.54, 1.807) is 22.8 Å². The van der Waals surface area contributed by atoms with Gasteiger partial charge in [0.25, 0.3) is 17.4 Å². The van der Waals surface area contributed by atoms with Crippen molar-refractivity contribution in [3.63, 3.8) is 0 Å². The van der Waals surface area contributed by atoms with Crippen molar-refractivity contribution in [3.05, 3.63) is 75.4 Å². The molecule has 4 aromatic rings. The second-order valence-electron chi connectivity index (χ2n) is 12.9. The van der Waals surface area contributed by atoms with E-state index in [0.29, 0.717) is 48.1 Å². The lowest BCUT2D eigenvalue weighted by Gasteiger charge is -2.33. The fourth-order valence-corrected chi connectivity index (χ4v) is 6.13. The third-order valence-corrected chi connectivity index (χ3v) is 9.02. The molecule has 1 unspecified atom stereocenters. The second kappa shape index (κ2) is 16.5. The first-order valence-electron chi connectivity index (χ1n) is 17.2. The molecule has 2 aromatic carbocycles. The van der Waals surface area contributed by atoms with E-state index in [9.17, 15) is 28.4 Å². The fraction of sp³-hybridized carbons (Fsp3) is 0.361. The number of halogens is 2. The third kappa shape index (κ3) is 8.69. The minimum atomic E-state index is -0.935. The summed E-state index contributed by atoms with van der Waals surface area (Å²) in [5, 5.41) is 11.3. The first-order chi connectivity index (χ1) is 25.9. The summed E-state index contributed by atoms with van der Waals surface area (Å²) < 4.78 is 33.8. The van der Waals surface area contributed by atoms with Gasteiger partial charge in [-0.15, -0.1) is 0 Å². The molecule has 0 saturated carbocycles. The molecule has 4 heterocycles. The highest BCUT2D eigenvalue weighted by atomic mass is 35.5. The predicted octanol–water partition coefficient (Wildman–Crippen LogP) is 2.85. The van der Waals surface area contributed by atoms with Crippen LogP contribution in [0, 0.1) is 5.82 Å². The highest BCUT2D eigenvalue weighted by molar-refractivity contribution is 6.33. The van der Waals surface area contributed by atoms with Crippen molar-refractivity contribution in [2.75, 3.05) is 50.2 Å². The van der Waals surface area contributed by atoms with E-state index in [0.717, 1.165) is 6.07 Å². The van der Waals surface area contributed by atoms with Crippen LogP contribution in [0.5, 0.6) is 11.5 Å². The van der Waals surface area contributed by atoms with Gasteiger partial charge >= 0.3 is 0 Å². The third-order valence-electron chi connectivity index (χ3n) is 8.74. The number of imide groups is 1. The molecule has 2 aliphatic rings. The highest BCUT2D eigenvalue weighted by Gasteiger charge is 2.29. The molecule has 54 heavy (non-hydrogen) atoms. The zero-order chi connectivity index (χ0) is 38.5. The Labute approximate surface area is 313 Å². The zero-order valence-electron chi connectivity index (χ0n) is 29.6. The molecule has 4 N–H and O–H groups in total. The Morgan fingerprint density at radius 2 is 1.94 bits per heavy atom. The lowest BCUT2D eigenvalue weighted by atomic mass is 10.1. The molecule has 2 saturated heterocycles. The van der Waals surface area contributed by atoms with Crippen LogP contribution in [-0.4, -0.2) is 90.3 Å². The number of hydrogen-bond acceptors (Lipinski definition) is 12. The molecule has 4 amide bonds. The average molecular weight is 765 g/mol. The van der Waals surface area contributed by atoms with Gasteiger partial charge in [0.05, 0.1) is 30.4 Å². The van der Waals surface area contributed by atoms with Crippen molar-refractivity contribution in [1.82, 2.24) is 30.5 Å². The van der Waals surface area contributed by atoms with Crippen molar-refractivity contribution in [2.45, 2.75) is 44.9 Å². The first kappa shape index (κ1) is 37.9. The van der Waals surface area contributed by atoms with Crippen LogP contribution in [-0.2, 0) is 19.1 Å². The van der Waals surface area contributed by atoms with E-state index >= 15 is 0 Å². The maximum atomic E-state index is 14.9. The molecular formula is C36H38ClFN8O8. The molecule has 0 radical (unpaired) electrons. The van der Waals surface area contributed by atoms with E-state index in [2.05, 4.69) is 31.2 Å². The molecule has 18 heteroatoms. The molecule has 16 nitrogen and oxygen atoms in total. The van der Waals surface area contributed by atoms with Gasteiger partial charge in [0.2, 0.25) is 17.8 Å². The molecule has 6 rings (SSSR count). The van der Waals surface area contributed by atoms with Crippen LogP contribution in [0.4, 0.5) is 21.8 Å². The molecule has 2 atom stereocenters. The van der Waals surface area contributed by atoms with Gasteiger partial charge in [-0.05, 0) is 56.7 Å². The molecule has 0 spiro atoms. The number of pyridine rings is 1. The maximum absolute atomic E-state index is 14.9. The Morgan fingerprint density at radius 1 is 1.13 bits per heavy atom. The Bertz CT molecular complexity index is 2170. The molecule has 0 bridgehead atoms. The lowest BCUT2D eigenvalue weighted by molar-refractivity contribution is -0.134. The van der Waals surface area contributed by atoms with E-state index < -0.39 is 35.7 Å². The number of carbonyl (C=O) groups is 4. The Kier molecular flexibility index (Phi) is 11.6. The normalized spacial score (nSPS) is 17.3. The maximum Gasteiger partial charge on any atom is 0.293 e.